The van der Waals surface area contributed by atoms with E-state index in [1.165, 1.54) is 37.0 Å². The summed E-state index contributed by atoms with van der Waals surface area (Å²) in [6, 6.07) is 0.525. The van der Waals surface area contributed by atoms with Gasteiger partial charge in [0.1, 0.15) is 4.88 Å². The van der Waals surface area contributed by atoms with Gasteiger partial charge in [-0.3, -0.25) is 0 Å². The van der Waals surface area contributed by atoms with Crippen molar-refractivity contribution in [2.75, 3.05) is 11.4 Å². The monoisotopic (exact) mass is 294 g/mol. The van der Waals surface area contributed by atoms with E-state index >= 15 is 0 Å². The van der Waals surface area contributed by atoms with E-state index in [0.717, 1.165) is 36.6 Å². The summed E-state index contributed by atoms with van der Waals surface area (Å²) < 4.78 is 0. The van der Waals surface area contributed by atoms with Crippen LogP contribution in [0.2, 0.25) is 0 Å². The molecule has 2 fully saturated rings. The Balaban J connectivity index is 1.91. The first-order valence-corrected chi connectivity index (χ1v) is 8.53. The Bertz CT molecular complexity index is 496. The Hall–Kier alpha value is -1.10. The van der Waals surface area contributed by atoms with Gasteiger partial charge in [0.25, 0.3) is 0 Å². The zero-order chi connectivity index (χ0) is 14.1. The van der Waals surface area contributed by atoms with Crippen LogP contribution in [0.15, 0.2) is 0 Å². The minimum Gasteiger partial charge on any atom is -0.477 e. The van der Waals surface area contributed by atoms with E-state index in [4.69, 9.17) is 4.98 Å². The van der Waals surface area contributed by atoms with E-state index in [-0.39, 0.29) is 0 Å². The van der Waals surface area contributed by atoms with Crippen molar-refractivity contribution < 1.29 is 9.90 Å². The first kappa shape index (κ1) is 13.9. The molecule has 0 amide bonds. The second kappa shape index (κ2) is 5.72. The van der Waals surface area contributed by atoms with Crippen LogP contribution in [0.3, 0.4) is 0 Å². The molecule has 1 aliphatic carbocycles. The number of aromatic nitrogens is 1. The highest BCUT2D eigenvalue weighted by molar-refractivity contribution is 7.17. The number of hydrogen-bond donors (Lipinski definition) is 1. The number of carbonyl (C=O) groups is 1. The van der Waals surface area contributed by atoms with Gasteiger partial charge >= 0.3 is 5.97 Å². The van der Waals surface area contributed by atoms with Crippen molar-refractivity contribution in [3.63, 3.8) is 0 Å². The average molecular weight is 294 g/mol. The van der Waals surface area contributed by atoms with Crippen molar-refractivity contribution >= 4 is 22.4 Å². The summed E-state index contributed by atoms with van der Waals surface area (Å²) in [5, 5.41) is 10.3. The third kappa shape index (κ3) is 2.68. The van der Waals surface area contributed by atoms with Gasteiger partial charge in [-0.05, 0) is 32.1 Å². The van der Waals surface area contributed by atoms with Crippen molar-refractivity contribution in [1.29, 1.82) is 0 Å². The van der Waals surface area contributed by atoms with E-state index in [0.29, 0.717) is 16.8 Å². The van der Waals surface area contributed by atoms with Crippen LogP contribution < -0.4 is 4.90 Å². The number of carboxylic acid groups (broad SMARTS) is 1. The van der Waals surface area contributed by atoms with E-state index in [9.17, 15) is 9.90 Å². The van der Waals surface area contributed by atoms with Crippen LogP contribution in [-0.4, -0.2) is 28.6 Å². The number of rotatable bonds is 4. The Labute approximate surface area is 123 Å². The van der Waals surface area contributed by atoms with Gasteiger partial charge in [0.15, 0.2) is 5.13 Å². The fraction of sp³-hybridized carbons (Fsp3) is 0.733. The first-order valence-electron chi connectivity index (χ1n) is 7.71. The molecule has 1 saturated heterocycles. The zero-order valence-corrected chi connectivity index (χ0v) is 12.8. The normalized spacial score (nSPS) is 23.6. The van der Waals surface area contributed by atoms with Gasteiger partial charge in [0, 0.05) is 18.5 Å². The second-order valence-corrected chi connectivity index (χ2v) is 6.87. The predicted octanol–water partition coefficient (Wildman–Crippen LogP) is 3.88. The van der Waals surface area contributed by atoms with Crippen molar-refractivity contribution in [3.8, 4) is 0 Å². The molecule has 3 rings (SSSR count). The second-order valence-electron chi connectivity index (χ2n) is 5.90. The smallest absolute Gasteiger partial charge is 0.347 e. The van der Waals surface area contributed by atoms with Crippen LogP contribution in [0.1, 0.15) is 73.2 Å². The fourth-order valence-electron chi connectivity index (χ4n) is 3.08. The van der Waals surface area contributed by atoms with Crippen LogP contribution in [0.25, 0.3) is 0 Å². The maximum Gasteiger partial charge on any atom is 0.347 e. The summed E-state index contributed by atoms with van der Waals surface area (Å²) in [6.07, 6.45) is 8.26. The molecule has 2 heterocycles. The lowest BCUT2D eigenvalue weighted by atomic mass is 10.1. The molecular weight excluding hydrogens is 272 g/mol. The summed E-state index contributed by atoms with van der Waals surface area (Å²) in [7, 11) is 0. The molecule has 110 valence electrons. The van der Waals surface area contributed by atoms with Gasteiger partial charge in [-0.1, -0.05) is 31.1 Å². The molecule has 1 unspecified atom stereocenters. The highest BCUT2D eigenvalue weighted by Gasteiger charge is 2.34. The molecule has 1 aromatic rings. The lowest BCUT2D eigenvalue weighted by molar-refractivity contribution is 0.0700. The standard InChI is InChI=1S/C15H22N2O2S/c1-2-11-6-4-3-5-9-17(11)15-16-12(10-7-8-10)13(20-15)14(18)19/h10-11H,2-9H2,1H3,(H,18,19). The number of aromatic carboxylic acids is 1. The molecule has 20 heavy (non-hydrogen) atoms. The van der Waals surface area contributed by atoms with Gasteiger partial charge in [-0.2, -0.15) is 0 Å². The summed E-state index contributed by atoms with van der Waals surface area (Å²) in [5.41, 5.74) is 0.844. The maximum absolute atomic E-state index is 11.4. The summed E-state index contributed by atoms with van der Waals surface area (Å²) in [6.45, 7) is 3.24. The summed E-state index contributed by atoms with van der Waals surface area (Å²) >= 11 is 1.39. The molecule has 5 heteroatoms. The van der Waals surface area contributed by atoms with Crippen molar-refractivity contribution in [2.24, 2.45) is 0 Å². The van der Waals surface area contributed by atoms with E-state index in [2.05, 4.69) is 11.8 Å². The van der Waals surface area contributed by atoms with Crippen LogP contribution in [0, 0.1) is 0 Å². The SMILES string of the molecule is CCC1CCCCCN1c1nc(C2CC2)c(C(=O)O)s1. The molecule has 0 aromatic carbocycles. The third-order valence-electron chi connectivity index (χ3n) is 4.39. The number of thiazole rings is 1. The number of nitrogens with zero attached hydrogens (tertiary/aromatic N) is 2. The molecule has 0 bridgehead atoms. The maximum atomic E-state index is 11.4. The molecular formula is C15H22N2O2S. The first-order chi connectivity index (χ1) is 9.70. The quantitative estimate of drug-likeness (QED) is 0.915. The summed E-state index contributed by atoms with van der Waals surface area (Å²) in [4.78, 5) is 19.0. The van der Waals surface area contributed by atoms with E-state index in [1.807, 2.05) is 0 Å². The molecule has 1 saturated carbocycles. The number of anilines is 1. The Morgan fingerprint density at radius 3 is 2.80 bits per heavy atom. The molecule has 0 spiro atoms. The van der Waals surface area contributed by atoms with E-state index < -0.39 is 5.97 Å². The Morgan fingerprint density at radius 1 is 1.35 bits per heavy atom. The lowest BCUT2D eigenvalue weighted by Gasteiger charge is -2.28. The molecule has 1 atom stereocenters. The molecule has 1 N–H and O–H groups in total. The van der Waals surface area contributed by atoms with Crippen molar-refractivity contribution in [2.45, 2.75) is 63.8 Å². The fourth-order valence-corrected chi connectivity index (χ4v) is 4.17. The van der Waals surface area contributed by atoms with Crippen LogP contribution in [-0.2, 0) is 0 Å². The van der Waals surface area contributed by atoms with Gasteiger partial charge in [-0.25, -0.2) is 9.78 Å². The number of hydrogen-bond acceptors (Lipinski definition) is 4. The van der Waals surface area contributed by atoms with E-state index in [1.54, 1.807) is 0 Å². The lowest BCUT2D eigenvalue weighted by Crippen LogP contribution is -2.34. The van der Waals surface area contributed by atoms with Gasteiger partial charge in [-0.15, -0.1) is 0 Å². The predicted molar refractivity (Wildman–Crippen MR) is 80.9 cm³/mol. The largest absolute Gasteiger partial charge is 0.477 e. The highest BCUT2D eigenvalue weighted by Crippen LogP contribution is 2.44. The molecule has 1 aromatic heterocycles. The van der Waals surface area contributed by atoms with Crippen LogP contribution in [0.4, 0.5) is 5.13 Å². The summed E-state index contributed by atoms with van der Waals surface area (Å²) in [5.74, 6) is -0.406. The van der Waals surface area contributed by atoms with Crippen LogP contribution >= 0.6 is 11.3 Å². The van der Waals surface area contributed by atoms with Gasteiger partial charge < -0.3 is 10.0 Å². The minimum atomic E-state index is -0.807. The Kier molecular flexibility index (Phi) is 3.96. The molecule has 4 nitrogen and oxygen atoms in total. The van der Waals surface area contributed by atoms with Gasteiger partial charge in [0.05, 0.1) is 5.69 Å². The molecule has 1 aliphatic heterocycles. The Morgan fingerprint density at radius 2 is 2.15 bits per heavy atom. The zero-order valence-electron chi connectivity index (χ0n) is 12.0. The highest BCUT2D eigenvalue weighted by atomic mass is 32.1. The molecule has 0 radical (unpaired) electrons. The topological polar surface area (TPSA) is 53.4 Å². The van der Waals surface area contributed by atoms with Gasteiger partial charge in [0.2, 0.25) is 0 Å². The van der Waals surface area contributed by atoms with Crippen LogP contribution in [0.5, 0.6) is 0 Å². The van der Waals surface area contributed by atoms with Crippen molar-refractivity contribution in [1.82, 2.24) is 4.98 Å². The van der Waals surface area contributed by atoms with Crippen molar-refractivity contribution in [3.05, 3.63) is 10.6 Å². The third-order valence-corrected chi connectivity index (χ3v) is 5.49. The minimum absolute atomic E-state index is 0.401. The molecule has 2 aliphatic rings. The number of carboxylic acids is 1. The average Bonchev–Trinajstić information content (AvgIpc) is 3.22.